The van der Waals surface area contributed by atoms with Crippen molar-refractivity contribution in [2.45, 2.75) is 37.2 Å². The van der Waals surface area contributed by atoms with Crippen molar-refractivity contribution in [1.82, 2.24) is 4.72 Å². The molecule has 1 saturated carbocycles. The molecule has 1 fully saturated rings. The highest BCUT2D eigenvalue weighted by atomic mass is 32.2. The zero-order valence-corrected chi connectivity index (χ0v) is 13.5. The summed E-state index contributed by atoms with van der Waals surface area (Å²) in [5.74, 6) is -0.0580. The highest BCUT2D eigenvalue weighted by molar-refractivity contribution is 7.88. The van der Waals surface area contributed by atoms with Gasteiger partial charge in [0.1, 0.15) is 4.99 Å². The van der Waals surface area contributed by atoms with Crippen molar-refractivity contribution in [2.75, 3.05) is 7.11 Å². The highest BCUT2D eigenvalue weighted by Crippen LogP contribution is 2.22. The number of thiocarbonyl (C=S) groups is 1. The summed E-state index contributed by atoms with van der Waals surface area (Å²) < 4.78 is 32.5. The molecular weight excluding hydrogens is 308 g/mol. The second-order valence-electron chi connectivity index (χ2n) is 5.25. The molecule has 0 aliphatic heterocycles. The van der Waals surface area contributed by atoms with Gasteiger partial charge in [-0.3, -0.25) is 0 Å². The molecule has 5 nitrogen and oxygen atoms in total. The Morgan fingerprint density at radius 3 is 2.62 bits per heavy atom. The van der Waals surface area contributed by atoms with Gasteiger partial charge in [-0.2, -0.15) is 0 Å². The predicted molar refractivity (Wildman–Crippen MR) is 86.5 cm³/mol. The molecule has 1 aliphatic rings. The van der Waals surface area contributed by atoms with Crippen molar-refractivity contribution >= 4 is 27.2 Å². The molecule has 1 aliphatic carbocycles. The van der Waals surface area contributed by atoms with Crippen LogP contribution in [-0.4, -0.2) is 32.7 Å². The first-order valence-corrected chi connectivity index (χ1v) is 8.89. The number of nitrogens with one attached hydrogen (secondary N) is 1. The van der Waals surface area contributed by atoms with Gasteiger partial charge in [0.25, 0.3) is 0 Å². The van der Waals surface area contributed by atoms with Crippen LogP contribution < -0.4 is 10.5 Å². The van der Waals surface area contributed by atoms with E-state index in [0.29, 0.717) is 10.6 Å². The van der Waals surface area contributed by atoms with Gasteiger partial charge in [0.05, 0.1) is 11.9 Å². The molecular formula is C14H20N2O3S2. The second-order valence-corrected chi connectivity index (χ2v) is 7.44. The Bertz CT molecular complexity index is 599. The maximum Gasteiger partial charge on any atom is 0.216 e. The number of sulfonamides is 1. The van der Waals surface area contributed by atoms with E-state index in [-0.39, 0.29) is 17.9 Å². The number of nitrogens with two attached hydrogens (primary N) is 1. The fourth-order valence-corrected chi connectivity index (χ4v) is 4.18. The van der Waals surface area contributed by atoms with Crippen LogP contribution in [0.3, 0.4) is 0 Å². The third kappa shape index (κ3) is 4.47. The van der Waals surface area contributed by atoms with Crippen LogP contribution in [0.25, 0.3) is 0 Å². The second kappa shape index (κ2) is 6.83. The summed E-state index contributed by atoms with van der Waals surface area (Å²) >= 11 is 4.87. The van der Waals surface area contributed by atoms with Crippen molar-refractivity contribution in [1.29, 1.82) is 0 Å². The SMILES string of the molecule is COC1CCCC1NS(=O)(=O)Cc1ccc(C(N)=S)cc1. The first kappa shape index (κ1) is 16.4. The van der Waals surface area contributed by atoms with Crippen LogP contribution in [0.15, 0.2) is 24.3 Å². The van der Waals surface area contributed by atoms with Gasteiger partial charge in [0.2, 0.25) is 10.0 Å². The van der Waals surface area contributed by atoms with Gasteiger partial charge in [-0.1, -0.05) is 36.5 Å². The van der Waals surface area contributed by atoms with Gasteiger partial charge in [0.15, 0.2) is 0 Å². The topological polar surface area (TPSA) is 81.4 Å². The molecule has 0 heterocycles. The molecule has 1 aromatic carbocycles. The lowest BCUT2D eigenvalue weighted by Gasteiger charge is -2.19. The molecule has 2 atom stereocenters. The number of methoxy groups -OCH3 is 1. The third-order valence-corrected chi connectivity index (χ3v) is 5.29. The maximum atomic E-state index is 12.2. The normalized spacial score (nSPS) is 22.3. The number of hydrogen-bond donors (Lipinski definition) is 2. The van der Waals surface area contributed by atoms with Crippen LogP contribution in [0.5, 0.6) is 0 Å². The van der Waals surface area contributed by atoms with E-state index in [1.54, 1.807) is 31.4 Å². The van der Waals surface area contributed by atoms with E-state index >= 15 is 0 Å². The van der Waals surface area contributed by atoms with E-state index in [9.17, 15) is 8.42 Å². The van der Waals surface area contributed by atoms with Crippen molar-refractivity contribution in [2.24, 2.45) is 5.73 Å². The first-order chi connectivity index (χ1) is 9.91. The van der Waals surface area contributed by atoms with Crippen molar-refractivity contribution in [3.05, 3.63) is 35.4 Å². The minimum Gasteiger partial charge on any atom is -0.389 e. The maximum absolute atomic E-state index is 12.2. The molecule has 0 spiro atoms. The Morgan fingerprint density at radius 2 is 2.05 bits per heavy atom. The average molecular weight is 328 g/mol. The van der Waals surface area contributed by atoms with Crippen molar-refractivity contribution in [3.63, 3.8) is 0 Å². The number of benzene rings is 1. The fourth-order valence-electron chi connectivity index (χ4n) is 2.60. The van der Waals surface area contributed by atoms with Gasteiger partial charge in [-0.15, -0.1) is 0 Å². The van der Waals surface area contributed by atoms with Crippen LogP contribution >= 0.6 is 12.2 Å². The molecule has 21 heavy (non-hydrogen) atoms. The first-order valence-electron chi connectivity index (χ1n) is 6.83. The molecule has 1 aromatic rings. The van der Waals surface area contributed by atoms with Crippen LogP contribution in [0, 0.1) is 0 Å². The van der Waals surface area contributed by atoms with Gasteiger partial charge < -0.3 is 10.5 Å². The largest absolute Gasteiger partial charge is 0.389 e. The van der Waals surface area contributed by atoms with E-state index in [2.05, 4.69) is 4.72 Å². The molecule has 0 saturated heterocycles. The predicted octanol–water partition coefficient (Wildman–Crippen LogP) is 1.31. The zero-order valence-electron chi connectivity index (χ0n) is 11.9. The van der Waals surface area contributed by atoms with E-state index in [4.69, 9.17) is 22.7 Å². The zero-order chi connectivity index (χ0) is 15.5. The molecule has 0 amide bonds. The lowest BCUT2D eigenvalue weighted by Crippen LogP contribution is -2.41. The molecule has 0 aromatic heterocycles. The standard InChI is InChI=1S/C14H20N2O3S2/c1-19-13-4-2-3-12(13)16-21(17,18)9-10-5-7-11(8-6-10)14(15)20/h5-8,12-13,16H,2-4,9H2,1H3,(H2,15,20). The Labute approximate surface area is 130 Å². The van der Waals surface area contributed by atoms with Gasteiger partial charge in [0, 0.05) is 18.7 Å². The molecule has 0 bridgehead atoms. The summed E-state index contributed by atoms with van der Waals surface area (Å²) in [5.41, 5.74) is 6.95. The average Bonchev–Trinajstić information content (AvgIpc) is 2.85. The lowest BCUT2D eigenvalue weighted by molar-refractivity contribution is 0.0916. The highest BCUT2D eigenvalue weighted by Gasteiger charge is 2.30. The number of ether oxygens (including phenoxy) is 1. The van der Waals surface area contributed by atoms with Crippen LogP contribution in [0.2, 0.25) is 0 Å². The van der Waals surface area contributed by atoms with Crippen LogP contribution in [0.1, 0.15) is 30.4 Å². The molecule has 3 N–H and O–H groups in total. The summed E-state index contributed by atoms with van der Waals surface area (Å²) in [7, 11) is -1.77. The molecule has 7 heteroatoms. The summed E-state index contributed by atoms with van der Waals surface area (Å²) in [5, 5.41) is 0. The lowest BCUT2D eigenvalue weighted by atomic mass is 10.1. The smallest absolute Gasteiger partial charge is 0.216 e. The van der Waals surface area contributed by atoms with E-state index in [1.807, 2.05) is 0 Å². The molecule has 2 unspecified atom stereocenters. The molecule has 116 valence electrons. The van der Waals surface area contributed by atoms with E-state index in [0.717, 1.165) is 24.8 Å². The summed E-state index contributed by atoms with van der Waals surface area (Å²) in [6, 6.07) is 6.81. The monoisotopic (exact) mass is 328 g/mol. The van der Waals surface area contributed by atoms with Crippen molar-refractivity contribution in [3.8, 4) is 0 Å². The summed E-state index contributed by atoms with van der Waals surface area (Å²) in [6.07, 6.45) is 2.66. The Hall–Kier alpha value is -1.02. The minimum atomic E-state index is -3.39. The Morgan fingerprint density at radius 1 is 1.38 bits per heavy atom. The minimum absolute atomic E-state index is 0.0308. The van der Waals surface area contributed by atoms with Gasteiger partial charge >= 0.3 is 0 Å². The Kier molecular flexibility index (Phi) is 5.32. The molecule has 0 radical (unpaired) electrons. The van der Waals surface area contributed by atoms with E-state index in [1.165, 1.54) is 0 Å². The summed E-state index contributed by atoms with van der Waals surface area (Å²) in [6.45, 7) is 0. The van der Waals surface area contributed by atoms with Gasteiger partial charge in [-0.05, 0) is 24.8 Å². The quantitative estimate of drug-likeness (QED) is 0.770. The van der Waals surface area contributed by atoms with Gasteiger partial charge in [-0.25, -0.2) is 13.1 Å². The summed E-state index contributed by atoms with van der Waals surface area (Å²) in [4.78, 5) is 0.302. The molecule has 2 rings (SSSR count). The number of rotatable bonds is 6. The van der Waals surface area contributed by atoms with E-state index < -0.39 is 10.0 Å². The number of hydrogen-bond acceptors (Lipinski definition) is 4. The van der Waals surface area contributed by atoms with Crippen LogP contribution in [-0.2, 0) is 20.5 Å². The van der Waals surface area contributed by atoms with Crippen molar-refractivity contribution < 1.29 is 13.2 Å². The Balaban J connectivity index is 2.02. The van der Waals surface area contributed by atoms with Crippen LogP contribution in [0.4, 0.5) is 0 Å². The fraction of sp³-hybridized carbons (Fsp3) is 0.500. The third-order valence-electron chi connectivity index (χ3n) is 3.68.